The maximum Gasteiger partial charge on any atom is 0.253 e. The van der Waals surface area contributed by atoms with Crippen molar-refractivity contribution in [2.45, 2.75) is 5.16 Å². The zero-order valence-corrected chi connectivity index (χ0v) is 15.9. The van der Waals surface area contributed by atoms with E-state index in [0.29, 0.717) is 16.5 Å². The predicted molar refractivity (Wildman–Crippen MR) is 105 cm³/mol. The van der Waals surface area contributed by atoms with Gasteiger partial charge in [0.05, 0.1) is 5.75 Å². The Morgan fingerprint density at radius 3 is 2.42 bits per heavy atom. The fraction of sp³-hybridized carbons (Fsp3) is 0.0526. The Labute approximate surface area is 162 Å². The van der Waals surface area contributed by atoms with Gasteiger partial charge in [-0.2, -0.15) is 4.98 Å². The van der Waals surface area contributed by atoms with E-state index in [4.69, 9.17) is 0 Å². The molecule has 0 spiro atoms. The lowest BCUT2D eigenvalue weighted by atomic mass is 10.0. The number of hydrogen-bond donors (Lipinski definition) is 0. The number of rotatable bonds is 5. The lowest BCUT2D eigenvalue weighted by Gasteiger charge is -2.04. The predicted octanol–water partition coefficient (Wildman–Crippen LogP) is 4.53. The van der Waals surface area contributed by atoms with Gasteiger partial charge in [-0.1, -0.05) is 64.1 Å². The lowest BCUT2D eigenvalue weighted by Crippen LogP contribution is -2.02. The number of aromatic nitrogens is 4. The highest BCUT2D eigenvalue weighted by molar-refractivity contribution is 9.10. The molecule has 0 aliphatic rings. The van der Waals surface area contributed by atoms with Gasteiger partial charge in [0, 0.05) is 22.4 Å². The summed E-state index contributed by atoms with van der Waals surface area (Å²) in [6, 6.07) is 17.5. The summed E-state index contributed by atoms with van der Waals surface area (Å²) >= 11 is 4.75. The normalized spacial score (nSPS) is 11.0. The summed E-state index contributed by atoms with van der Waals surface area (Å²) in [7, 11) is 0. The molecule has 128 valence electrons. The number of thioether (sulfide) groups is 1. The van der Waals surface area contributed by atoms with Crippen molar-refractivity contribution in [3.05, 3.63) is 77.0 Å². The van der Waals surface area contributed by atoms with Crippen molar-refractivity contribution < 1.29 is 4.79 Å². The minimum atomic E-state index is 0.0455. The number of carbonyl (C=O) groups is 1. The molecule has 0 aliphatic carbocycles. The van der Waals surface area contributed by atoms with Gasteiger partial charge < -0.3 is 0 Å². The Hall–Kier alpha value is -2.51. The second kappa shape index (κ2) is 7.39. The largest absolute Gasteiger partial charge is 0.293 e. The summed E-state index contributed by atoms with van der Waals surface area (Å²) < 4.78 is 2.64. The van der Waals surface area contributed by atoms with Gasteiger partial charge in [-0.05, 0) is 29.3 Å². The topological polar surface area (TPSA) is 60.2 Å². The van der Waals surface area contributed by atoms with Crippen LogP contribution in [0, 0.1) is 0 Å². The molecule has 2 heterocycles. The first-order chi connectivity index (χ1) is 12.7. The Morgan fingerprint density at radius 1 is 1.04 bits per heavy atom. The summed E-state index contributed by atoms with van der Waals surface area (Å²) in [5.74, 6) is 0.861. The van der Waals surface area contributed by atoms with Crippen LogP contribution in [0.1, 0.15) is 10.4 Å². The van der Waals surface area contributed by atoms with Gasteiger partial charge in [0.1, 0.15) is 0 Å². The fourth-order valence-corrected chi connectivity index (χ4v) is 3.46. The van der Waals surface area contributed by atoms with Crippen molar-refractivity contribution >= 4 is 39.3 Å². The van der Waals surface area contributed by atoms with E-state index in [1.807, 2.05) is 48.5 Å². The van der Waals surface area contributed by atoms with Gasteiger partial charge in [0.2, 0.25) is 5.16 Å². The molecule has 7 heteroatoms. The summed E-state index contributed by atoms with van der Waals surface area (Å²) in [6.07, 6.45) is 3.44. The maximum absolute atomic E-state index is 12.4. The van der Waals surface area contributed by atoms with Crippen LogP contribution in [0.15, 0.2) is 76.6 Å². The molecule has 0 aliphatic heterocycles. The van der Waals surface area contributed by atoms with E-state index in [-0.39, 0.29) is 11.5 Å². The molecule has 0 saturated carbocycles. The van der Waals surface area contributed by atoms with E-state index in [9.17, 15) is 4.79 Å². The highest BCUT2D eigenvalue weighted by Gasteiger charge is 2.10. The minimum absolute atomic E-state index is 0.0455. The molecular formula is C19H13BrN4OS. The van der Waals surface area contributed by atoms with Crippen LogP contribution in [0.2, 0.25) is 0 Å². The van der Waals surface area contributed by atoms with E-state index >= 15 is 0 Å². The summed E-state index contributed by atoms with van der Waals surface area (Å²) in [5, 5.41) is 4.83. The molecule has 0 saturated heterocycles. The van der Waals surface area contributed by atoms with Gasteiger partial charge in [-0.3, -0.25) is 4.79 Å². The van der Waals surface area contributed by atoms with Crippen LogP contribution in [0.25, 0.3) is 16.9 Å². The summed E-state index contributed by atoms with van der Waals surface area (Å²) in [4.78, 5) is 20.8. The van der Waals surface area contributed by atoms with Crippen molar-refractivity contribution in [2.24, 2.45) is 0 Å². The standard InChI is InChI=1S/C19H13BrN4OS/c20-16-8-6-14(7-9-16)13-2-4-15(5-3-13)17(25)12-26-19-22-18-21-10-1-11-24(18)23-19/h1-11H,12H2. The summed E-state index contributed by atoms with van der Waals surface area (Å²) in [6.45, 7) is 0. The molecule has 0 N–H and O–H groups in total. The highest BCUT2D eigenvalue weighted by atomic mass is 79.9. The molecule has 4 rings (SSSR count). The Bertz CT molecular complexity index is 1030. The molecule has 5 nitrogen and oxygen atoms in total. The minimum Gasteiger partial charge on any atom is -0.293 e. The highest BCUT2D eigenvalue weighted by Crippen LogP contribution is 2.23. The SMILES string of the molecule is O=C(CSc1nc2ncccn2n1)c1ccc(-c2ccc(Br)cc2)cc1. The molecule has 0 unspecified atom stereocenters. The fourth-order valence-electron chi connectivity index (χ4n) is 2.48. The molecule has 26 heavy (non-hydrogen) atoms. The lowest BCUT2D eigenvalue weighted by molar-refractivity contribution is 0.102. The number of hydrogen-bond acceptors (Lipinski definition) is 5. The van der Waals surface area contributed by atoms with Gasteiger partial charge in [0.15, 0.2) is 5.78 Å². The number of Topliss-reactive ketones (excluding diaryl/α,β-unsaturated/α-hetero) is 1. The molecule has 4 aromatic rings. The first-order valence-electron chi connectivity index (χ1n) is 7.88. The average Bonchev–Trinajstić information content (AvgIpc) is 3.10. The molecule has 0 amide bonds. The number of halogens is 1. The van der Waals surface area contributed by atoms with Crippen LogP contribution >= 0.6 is 27.7 Å². The first kappa shape index (κ1) is 16.9. The van der Waals surface area contributed by atoms with E-state index < -0.39 is 0 Å². The van der Waals surface area contributed by atoms with Crippen LogP contribution in [-0.2, 0) is 0 Å². The molecular weight excluding hydrogens is 412 g/mol. The van der Waals surface area contributed by atoms with Gasteiger partial charge in [-0.15, -0.1) is 5.10 Å². The Morgan fingerprint density at radius 2 is 1.73 bits per heavy atom. The quantitative estimate of drug-likeness (QED) is 0.347. The molecule has 0 bridgehead atoms. The average molecular weight is 425 g/mol. The number of ketones is 1. The molecule has 2 aromatic carbocycles. The second-order valence-corrected chi connectivity index (χ2v) is 7.41. The molecule has 0 fully saturated rings. The maximum atomic E-state index is 12.4. The second-order valence-electron chi connectivity index (χ2n) is 5.55. The van der Waals surface area contributed by atoms with Crippen LogP contribution in [0.4, 0.5) is 0 Å². The van der Waals surface area contributed by atoms with Crippen LogP contribution < -0.4 is 0 Å². The zero-order chi connectivity index (χ0) is 17.9. The third-order valence-corrected chi connectivity index (χ3v) is 5.18. The zero-order valence-electron chi connectivity index (χ0n) is 13.5. The monoisotopic (exact) mass is 424 g/mol. The van der Waals surface area contributed by atoms with Crippen molar-refractivity contribution in [3.63, 3.8) is 0 Å². The molecule has 0 radical (unpaired) electrons. The molecule has 0 atom stereocenters. The smallest absolute Gasteiger partial charge is 0.253 e. The Kier molecular flexibility index (Phi) is 4.81. The van der Waals surface area contributed by atoms with Crippen molar-refractivity contribution in [3.8, 4) is 11.1 Å². The van der Waals surface area contributed by atoms with E-state index in [1.54, 1.807) is 23.0 Å². The van der Waals surface area contributed by atoms with Gasteiger partial charge in [-0.25, -0.2) is 9.50 Å². The Balaban J connectivity index is 1.43. The van der Waals surface area contributed by atoms with Crippen LogP contribution in [0.3, 0.4) is 0 Å². The van der Waals surface area contributed by atoms with Gasteiger partial charge >= 0.3 is 0 Å². The number of nitrogens with zero attached hydrogens (tertiary/aromatic N) is 4. The van der Waals surface area contributed by atoms with E-state index in [0.717, 1.165) is 15.6 Å². The van der Waals surface area contributed by atoms with Crippen molar-refractivity contribution in [2.75, 3.05) is 5.75 Å². The number of carbonyl (C=O) groups excluding carboxylic acids is 1. The first-order valence-corrected chi connectivity index (χ1v) is 9.66. The van der Waals surface area contributed by atoms with Gasteiger partial charge in [0.25, 0.3) is 5.78 Å². The van der Waals surface area contributed by atoms with Crippen LogP contribution in [-0.4, -0.2) is 31.1 Å². The molecule has 2 aromatic heterocycles. The number of benzene rings is 2. The summed E-state index contributed by atoms with van der Waals surface area (Å²) in [5.41, 5.74) is 2.87. The van der Waals surface area contributed by atoms with E-state index in [2.05, 4.69) is 31.0 Å². The third kappa shape index (κ3) is 3.68. The third-order valence-electron chi connectivity index (χ3n) is 3.81. The number of fused-ring (bicyclic) bond motifs is 1. The van der Waals surface area contributed by atoms with Crippen LogP contribution in [0.5, 0.6) is 0 Å². The van der Waals surface area contributed by atoms with Crippen molar-refractivity contribution in [1.29, 1.82) is 0 Å². The van der Waals surface area contributed by atoms with Crippen molar-refractivity contribution in [1.82, 2.24) is 19.6 Å². The van der Waals surface area contributed by atoms with E-state index in [1.165, 1.54) is 11.8 Å².